The Morgan fingerprint density at radius 2 is 2.50 bits per heavy atom. The molecule has 2 rings (SSSR count). The van der Waals surface area contributed by atoms with E-state index in [-0.39, 0.29) is 5.91 Å². The lowest BCUT2D eigenvalue weighted by atomic mass is 10.2. The van der Waals surface area contributed by atoms with Gasteiger partial charge >= 0.3 is 0 Å². The summed E-state index contributed by atoms with van der Waals surface area (Å²) in [7, 11) is 0. The van der Waals surface area contributed by atoms with Crippen LogP contribution >= 0.6 is 0 Å². The van der Waals surface area contributed by atoms with E-state index in [0.717, 1.165) is 11.3 Å². The van der Waals surface area contributed by atoms with Crippen molar-refractivity contribution in [2.24, 2.45) is 0 Å². The van der Waals surface area contributed by atoms with Gasteiger partial charge in [0, 0.05) is 24.5 Å². The van der Waals surface area contributed by atoms with Crippen molar-refractivity contribution in [3.8, 4) is 0 Å². The zero-order valence-electron chi connectivity index (χ0n) is 9.10. The second kappa shape index (κ2) is 4.18. The molecule has 4 nitrogen and oxygen atoms in total. The Morgan fingerprint density at radius 3 is 3.25 bits per heavy atom. The Balaban J connectivity index is 2.31. The third kappa shape index (κ3) is 1.95. The summed E-state index contributed by atoms with van der Waals surface area (Å²) >= 11 is 0. The summed E-state index contributed by atoms with van der Waals surface area (Å²) in [5.74, 6) is -0.108. The van der Waals surface area contributed by atoms with Crippen molar-refractivity contribution in [1.29, 1.82) is 0 Å². The van der Waals surface area contributed by atoms with Crippen molar-refractivity contribution in [2.75, 3.05) is 6.54 Å². The lowest BCUT2D eigenvalue weighted by Gasteiger charge is -2.02. The van der Waals surface area contributed by atoms with E-state index in [1.807, 2.05) is 23.7 Å². The number of pyridine rings is 1. The summed E-state index contributed by atoms with van der Waals surface area (Å²) in [6, 6.07) is 3.54. The molecule has 0 spiro atoms. The van der Waals surface area contributed by atoms with E-state index in [9.17, 15) is 4.79 Å². The van der Waals surface area contributed by atoms with E-state index >= 15 is 0 Å². The Labute approximate surface area is 93.6 Å². The molecule has 82 valence electrons. The smallest absolute Gasteiger partial charge is 0.251 e. The molecule has 0 fully saturated rings. The fourth-order valence-electron chi connectivity index (χ4n) is 1.52. The van der Waals surface area contributed by atoms with Crippen molar-refractivity contribution < 1.29 is 4.79 Å². The Hall–Kier alpha value is -2.10. The molecular weight excluding hydrogens is 202 g/mol. The maximum Gasteiger partial charge on any atom is 0.251 e. The van der Waals surface area contributed by atoms with Gasteiger partial charge in [0.1, 0.15) is 5.65 Å². The number of aromatic nitrogens is 2. The van der Waals surface area contributed by atoms with Gasteiger partial charge in [0.2, 0.25) is 0 Å². The SMILES string of the molecule is C=CCNC(=O)c1ccn2cc(C)nc2c1. The standard InChI is InChI=1S/C12H13N3O/c1-3-5-13-12(16)10-4-6-15-8-9(2)14-11(15)7-10/h3-4,6-8H,1,5H2,2H3,(H,13,16). The average Bonchev–Trinajstić information content (AvgIpc) is 2.64. The van der Waals surface area contributed by atoms with E-state index in [4.69, 9.17) is 0 Å². The minimum absolute atomic E-state index is 0.108. The van der Waals surface area contributed by atoms with Gasteiger partial charge in [-0.2, -0.15) is 0 Å². The van der Waals surface area contributed by atoms with Gasteiger partial charge in [0.05, 0.1) is 5.69 Å². The molecule has 16 heavy (non-hydrogen) atoms. The normalized spacial score (nSPS) is 10.3. The number of hydrogen-bond acceptors (Lipinski definition) is 2. The number of carbonyl (C=O) groups is 1. The predicted molar refractivity (Wildman–Crippen MR) is 62.5 cm³/mol. The largest absolute Gasteiger partial charge is 0.349 e. The first-order chi connectivity index (χ1) is 7.70. The molecule has 0 bridgehead atoms. The van der Waals surface area contributed by atoms with Gasteiger partial charge in [-0.15, -0.1) is 6.58 Å². The van der Waals surface area contributed by atoms with Crippen LogP contribution in [-0.2, 0) is 0 Å². The number of carbonyl (C=O) groups excluding carboxylic acids is 1. The predicted octanol–water partition coefficient (Wildman–Crippen LogP) is 1.56. The number of aryl methyl sites for hydroxylation is 1. The first-order valence-corrected chi connectivity index (χ1v) is 5.05. The van der Waals surface area contributed by atoms with Gasteiger partial charge in [-0.3, -0.25) is 4.79 Å². The third-order valence-corrected chi connectivity index (χ3v) is 2.25. The van der Waals surface area contributed by atoms with Crippen LogP contribution < -0.4 is 5.32 Å². The highest BCUT2D eigenvalue weighted by Crippen LogP contribution is 2.07. The highest BCUT2D eigenvalue weighted by atomic mass is 16.1. The van der Waals surface area contributed by atoms with Crippen LogP contribution in [0.1, 0.15) is 16.1 Å². The van der Waals surface area contributed by atoms with E-state index < -0.39 is 0 Å². The molecule has 2 aromatic rings. The minimum Gasteiger partial charge on any atom is -0.349 e. The topological polar surface area (TPSA) is 46.4 Å². The molecule has 2 heterocycles. The van der Waals surface area contributed by atoms with Gasteiger partial charge < -0.3 is 9.72 Å². The fraction of sp³-hybridized carbons (Fsp3) is 0.167. The van der Waals surface area contributed by atoms with Crippen molar-refractivity contribution in [2.45, 2.75) is 6.92 Å². The first kappa shape index (κ1) is 10.4. The highest BCUT2D eigenvalue weighted by Gasteiger charge is 2.06. The molecule has 0 unspecified atom stereocenters. The summed E-state index contributed by atoms with van der Waals surface area (Å²) < 4.78 is 1.89. The number of imidazole rings is 1. The first-order valence-electron chi connectivity index (χ1n) is 5.05. The zero-order valence-corrected chi connectivity index (χ0v) is 9.10. The Morgan fingerprint density at radius 1 is 1.69 bits per heavy atom. The van der Waals surface area contributed by atoms with Crippen LogP contribution in [0.3, 0.4) is 0 Å². The molecule has 2 aromatic heterocycles. The van der Waals surface area contributed by atoms with Crippen LogP contribution in [0.25, 0.3) is 5.65 Å². The third-order valence-electron chi connectivity index (χ3n) is 2.25. The van der Waals surface area contributed by atoms with E-state index in [2.05, 4.69) is 16.9 Å². The van der Waals surface area contributed by atoms with Crippen molar-refractivity contribution in [3.63, 3.8) is 0 Å². The second-order valence-corrected chi connectivity index (χ2v) is 3.56. The summed E-state index contributed by atoms with van der Waals surface area (Å²) in [5.41, 5.74) is 2.33. The summed E-state index contributed by atoms with van der Waals surface area (Å²) in [6.07, 6.45) is 5.40. The molecule has 0 aliphatic carbocycles. The molecule has 4 heteroatoms. The number of nitrogens with one attached hydrogen (secondary N) is 1. The summed E-state index contributed by atoms with van der Waals surface area (Å²) in [6.45, 7) is 5.94. The van der Waals surface area contributed by atoms with Crippen LogP contribution in [0.4, 0.5) is 0 Å². The van der Waals surface area contributed by atoms with Gasteiger partial charge in [-0.25, -0.2) is 4.98 Å². The molecule has 0 saturated carbocycles. The van der Waals surface area contributed by atoms with E-state index in [0.29, 0.717) is 12.1 Å². The van der Waals surface area contributed by atoms with Crippen LogP contribution in [-0.4, -0.2) is 21.8 Å². The molecule has 0 aliphatic rings. The molecule has 0 saturated heterocycles. The summed E-state index contributed by atoms with van der Waals surface area (Å²) in [4.78, 5) is 16.0. The Kier molecular flexibility index (Phi) is 2.72. The molecule has 0 aliphatic heterocycles. The van der Waals surface area contributed by atoms with Crippen molar-refractivity contribution >= 4 is 11.6 Å². The van der Waals surface area contributed by atoms with E-state index in [1.165, 1.54) is 0 Å². The Bertz CT molecular complexity index is 542. The maximum absolute atomic E-state index is 11.7. The fourth-order valence-corrected chi connectivity index (χ4v) is 1.52. The molecule has 0 aromatic carbocycles. The van der Waals surface area contributed by atoms with Crippen LogP contribution in [0.15, 0.2) is 37.2 Å². The second-order valence-electron chi connectivity index (χ2n) is 3.56. The number of nitrogens with zero attached hydrogens (tertiary/aromatic N) is 2. The number of hydrogen-bond donors (Lipinski definition) is 1. The van der Waals surface area contributed by atoms with Gasteiger partial charge in [0.25, 0.3) is 5.91 Å². The number of rotatable bonds is 3. The van der Waals surface area contributed by atoms with E-state index in [1.54, 1.807) is 18.2 Å². The average molecular weight is 215 g/mol. The van der Waals surface area contributed by atoms with Gasteiger partial charge in [-0.05, 0) is 19.1 Å². The molecule has 0 radical (unpaired) electrons. The quantitative estimate of drug-likeness (QED) is 0.790. The lowest BCUT2D eigenvalue weighted by Crippen LogP contribution is -2.23. The monoisotopic (exact) mass is 215 g/mol. The van der Waals surface area contributed by atoms with Gasteiger partial charge in [-0.1, -0.05) is 6.08 Å². The van der Waals surface area contributed by atoms with Crippen LogP contribution in [0.2, 0.25) is 0 Å². The molecule has 1 amide bonds. The molecule has 0 atom stereocenters. The minimum atomic E-state index is -0.108. The molecule has 1 N–H and O–H groups in total. The van der Waals surface area contributed by atoms with Crippen LogP contribution in [0, 0.1) is 6.92 Å². The molecular formula is C12H13N3O. The van der Waals surface area contributed by atoms with Gasteiger partial charge in [0.15, 0.2) is 0 Å². The maximum atomic E-state index is 11.7. The van der Waals surface area contributed by atoms with Crippen molar-refractivity contribution in [1.82, 2.24) is 14.7 Å². The highest BCUT2D eigenvalue weighted by molar-refractivity contribution is 5.95. The summed E-state index contributed by atoms with van der Waals surface area (Å²) in [5, 5.41) is 2.73. The van der Waals surface area contributed by atoms with Crippen LogP contribution in [0.5, 0.6) is 0 Å². The number of fused-ring (bicyclic) bond motifs is 1. The van der Waals surface area contributed by atoms with Crippen molar-refractivity contribution in [3.05, 3.63) is 48.4 Å². The lowest BCUT2D eigenvalue weighted by molar-refractivity contribution is 0.0958. The number of amides is 1. The zero-order chi connectivity index (χ0) is 11.5.